The van der Waals surface area contributed by atoms with Crippen molar-refractivity contribution in [3.8, 4) is 5.75 Å². The van der Waals surface area contributed by atoms with Crippen molar-refractivity contribution >= 4 is 6.03 Å². The van der Waals surface area contributed by atoms with E-state index in [2.05, 4.69) is 15.6 Å². The summed E-state index contributed by atoms with van der Waals surface area (Å²) in [6.07, 6.45) is 3.41. The fraction of sp³-hybridized carbons (Fsp3) is 0.143. The Kier molecular flexibility index (Phi) is 6.20. The summed E-state index contributed by atoms with van der Waals surface area (Å²) in [7, 11) is 0. The number of amides is 2. The summed E-state index contributed by atoms with van der Waals surface area (Å²) in [4.78, 5) is 16.0. The van der Waals surface area contributed by atoms with E-state index < -0.39 is 0 Å². The average Bonchev–Trinajstić information content (AvgIpc) is 2.71. The van der Waals surface area contributed by atoms with E-state index in [1.807, 2.05) is 66.7 Å². The van der Waals surface area contributed by atoms with Gasteiger partial charge in [0.05, 0.1) is 0 Å². The number of para-hydroxylation sites is 1. The van der Waals surface area contributed by atoms with Gasteiger partial charge >= 0.3 is 6.03 Å². The molecule has 0 radical (unpaired) electrons. The first-order chi connectivity index (χ1) is 12.8. The molecule has 0 saturated heterocycles. The molecule has 0 bridgehead atoms. The summed E-state index contributed by atoms with van der Waals surface area (Å²) in [5, 5.41) is 5.69. The van der Waals surface area contributed by atoms with Gasteiger partial charge in [-0.05, 0) is 29.3 Å². The van der Waals surface area contributed by atoms with Crippen LogP contribution in [0, 0.1) is 0 Å². The summed E-state index contributed by atoms with van der Waals surface area (Å²) < 4.78 is 5.91. The number of benzene rings is 2. The molecule has 2 amide bonds. The van der Waals surface area contributed by atoms with Crippen LogP contribution in [0.2, 0.25) is 0 Å². The smallest absolute Gasteiger partial charge is 0.315 e. The van der Waals surface area contributed by atoms with E-state index in [9.17, 15) is 4.79 Å². The predicted octanol–water partition coefficient (Wildman–Crippen LogP) is 3.66. The quantitative estimate of drug-likeness (QED) is 0.685. The van der Waals surface area contributed by atoms with Crippen LogP contribution < -0.4 is 15.4 Å². The highest BCUT2D eigenvalue weighted by molar-refractivity contribution is 5.73. The van der Waals surface area contributed by atoms with Gasteiger partial charge in [-0.1, -0.05) is 48.5 Å². The molecule has 132 valence electrons. The first-order valence-electron chi connectivity index (χ1n) is 8.46. The topological polar surface area (TPSA) is 63.2 Å². The van der Waals surface area contributed by atoms with Gasteiger partial charge in [-0.15, -0.1) is 0 Å². The number of nitrogens with zero attached hydrogens (tertiary/aromatic N) is 1. The Bertz CT molecular complexity index is 823. The van der Waals surface area contributed by atoms with Crippen molar-refractivity contribution in [3.63, 3.8) is 0 Å². The van der Waals surface area contributed by atoms with Crippen molar-refractivity contribution in [1.82, 2.24) is 15.6 Å². The molecule has 0 aliphatic rings. The van der Waals surface area contributed by atoms with E-state index in [0.29, 0.717) is 19.7 Å². The number of urea groups is 1. The van der Waals surface area contributed by atoms with Crippen LogP contribution in [-0.4, -0.2) is 11.0 Å². The molecular weight excluding hydrogens is 326 g/mol. The highest BCUT2D eigenvalue weighted by Crippen LogP contribution is 2.19. The molecule has 1 heterocycles. The van der Waals surface area contributed by atoms with Crippen molar-refractivity contribution in [2.75, 3.05) is 0 Å². The Morgan fingerprint density at radius 3 is 2.31 bits per heavy atom. The van der Waals surface area contributed by atoms with Gasteiger partial charge < -0.3 is 15.4 Å². The predicted molar refractivity (Wildman–Crippen MR) is 101 cm³/mol. The Labute approximate surface area is 153 Å². The highest BCUT2D eigenvalue weighted by atomic mass is 16.5. The van der Waals surface area contributed by atoms with Crippen LogP contribution in [0.15, 0.2) is 79.1 Å². The monoisotopic (exact) mass is 347 g/mol. The van der Waals surface area contributed by atoms with Crippen LogP contribution in [0.25, 0.3) is 0 Å². The lowest BCUT2D eigenvalue weighted by atomic mass is 10.2. The lowest BCUT2D eigenvalue weighted by Crippen LogP contribution is -2.34. The van der Waals surface area contributed by atoms with Crippen LogP contribution in [0.3, 0.4) is 0 Å². The molecule has 3 rings (SSSR count). The van der Waals surface area contributed by atoms with Crippen molar-refractivity contribution in [3.05, 3.63) is 95.8 Å². The molecule has 2 aromatic carbocycles. The molecule has 2 N–H and O–H groups in total. The number of rotatable bonds is 7. The zero-order valence-corrected chi connectivity index (χ0v) is 14.4. The SMILES string of the molecule is O=C(NCc1ccncc1)NCc1ccccc1OCc1ccccc1. The van der Waals surface area contributed by atoms with Crippen molar-refractivity contribution < 1.29 is 9.53 Å². The van der Waals surface area contributed by atoms with E-state index in [-0.39, 0.29) is 6.03 Å². The summed E-state index contributed by atoms with van der Waals surface area (Å²) in [6.45, 7) is 1.35. The molecule has 0 spiro atoms. The third-order valence-corrected chi connectivity index (χ3v) is 3.85. The molecule has 0 saturated carbocycles. The molecule has 0 unspecified atom stereocenters. The molecule has 0 aliphatic carbocycles. The van der Waals surface area contributed by atoms with Crippen molar-refractivity contribution in [2.45, 2.75) is 19.7 Å². The van der Waals surface area contributed by atoms with Crippen LogP contribution in [0.4, 0.5) is 4.79 Å². The minimum Gasteiger partial charge on any atom is -0.489 e. The maximum Gasteiger partial charge on any atom is 0.315 e. The number of hydrogen-bond acceptors (Lipinski definition) is 3. The van der Waals surface area contributed by atoms with Gasteiger partial charge in [0, 0.05) is 31.0 Å². The normalized spacial score (nSPS) is 10.2. The van der Waals surface area contributed by atoms with Gasteiger partial charge in [-0.2, -0.15) is 0 Å². The zero-order valence-electron chi connectivity index (χ0n) is 14.4. The summed E-state index contributed by atoms with van der Waals surface area (Å²) in [5.74, 6) is 0.769. The van der Waals surface area contributed by atoms with Crippen LogP contribution in [0.5, 0.6) is 5.75 Å². The molecule has 0 atom stereocenters. The number of aromatic nitrogens is 1. The van der Waals surface area contributed by atoms with Crippen molar-refractivity contribution in [1.29, 1.82) is 0 Å². The number of carbonyl (C=O) groups is 1. The zero-order chi connectivity index (χ0) is 18.0. The Morgan fingerprint density at radius 2 is 1.50 bits per heavy atom. The molecule has 26 heavy (non-hydrogen) atoms. The molecule has 5 heteroatoms. The molecule has 0 aliphatic heterocycles. The standard InChI is InChI=1S/C21H21N3O2/c25-21(23-14-17-10-12-22-13-11-17)24-15-19-8-4-5-9-20(19)26-16-18-6-2-1-3-7-18/h1-13H,14-16H2,(H2,23,24,25). The number of pyridine rings is 1. The van der Waals surface area contributed by atoms with Gasteiger partial charge in [-0.25, -0.2) is 4.79 Å². The number of hydrogen-bond donors (Lipinski definition) is 2. The van der Waals surface area contributed by atoms with Gasteiger partial charge in [-0.3, -0.25) is 4.98 Å². The number of nitrogens with one attached hydrogen (secondary N) is 2. The van der Waals surface area contributed by atoms with Crippen LogP contribution >= 0.6 is 0 Å². The first kappa shape index (κ1) is 17.5. The van der Waals surface area contributed by atoms with E-state index >= 15 is 0 Å². The molecule has 3 aromatic rings. The van der Waals surface area contributed by atoms with Gasteiger partial charge in [0.15, 0.2) is 0 Å². The number of ether oxygens (including phenoxy) is 1. The van der Waals surface area contributed by atoms with Crippen molar-refractivity contribution in [2.24, 2.45) is 0 Å². The Hall–Kier alpha value is -3.34. The summed E-state index contributed by atoms with van der Waals surface area (Å²) in [5.41, 5.74) is 3.04. The van der Waals surface area contributed by atoms with Gasteiger partial charge in [0.25, 0.3) is 0 Å². The van der Waals surface area contributed by atoms with E-state index in [4.69, 9.17) is 4.74 Å². The lowest BCUT2D eigenvalue weighted by molar-refractivity contribution is 0.239. The van der Waals surface area contributed by atoms with E-state index in [0.717, 1.165) is 22.4 Å². The largest absolute Gasteiger partial charge is 0.489 e. The van der Waals surface area contributed by atoms with E-state index in [1.165, 1.54) is 0 Å². The van der Waals surface area contributed by atoms with Gasteiger partial charge in [0.1, 0.15) is 12.4 Å². The number of carbonyl (C=O) groups excluding carboxylic acids is 1. The fourth-order valence-electron chi connectivity index (χ4n) is 2.45. The first-order valence-corrected chi connectivity index (χ1v) is 8.46. The summed E-state index contributed by atoms with van der Waals surface area (Å²) in [6, 6.07) is 21.2. The second kappa shape index (κ2) is 9.22. The lowest BCUT2D eigenvalue weighted by Gasteiger charge is -2.13. The van der Waals surface area contributed by atoms with Crippen LogP contribution in [0.1, 0.15) is 16.7 Å². The maximum atomic E-state index is 12.0. The third kappa shape index (κ3) is 5.34. The second-order valence-corrected chi connectivity index (χ2v) is 5.77. The summed E-state index contributed by atoms with van der Waals surface area (Å²) >= 11 is 0. The third-order valence-electron chi connectivity index (χ3n) is 3.85. The fourth-order valence-corrected chi connectivity index (χ4v) is 2.45. The molecule has 1 aromatic heterocycles. The maximum absolute atomic E-state index is 12.0. The second-order valence-electron chi connectivity index (χ2n) is 5.77. The average molecular weight is 347 g/mol. The van der Waals surface area contributed by atoms with E-state index in [1.54, 1.807) is 12.4 Å². The molecular formula is C21H21N3O2. The van der Waals surface area contributed by atoms with Crippen LogP contribution in [-0.2, 0) is 19.7 Å². The molecule has 0 fully saturated rings. The Balaban J connectivity index is 1.50. The highest BCUT2D eigenvalue weighted by Gasteiger charge is 2.06. The molecule has 5 nitrogen and oxygen atoms in total. The van der Waals surface area contributed by atoms with Gasteiger partial charge in [0.2, 0.25) is 0 Å². The minimum atomic E-state index is -0.223. The Morgan fingerprint density at radius 1 is 0.808 bits per heavy atom. The minimum absolute atomic E-state index is 0.223.